The molecule has 0 aromatic rings. The van der Waals surface area contributed by atoms with Crippen LogP contribution in [0.25, 0.3) is 0 Å². The van der Waals surface area contributed by atoms with Gasteiger partial charge in [0.2, 0.25) is 6.29 Å². The summed E-state index contributed by atoms with van der Waals surface area (Å²) in [5.41, 5.74) is -5.83. The van der Waals surface area contributed by atoms with Crippen LogP contribution in [0.1, 0.15) is 106 Å². The fraction of sp³-hybridized carbons (Fsp3) is 0.977. The first-order valence-corrected chi connectivity index (χ1v) is 22.1. The first kappa shape index (κ1) is 46.9. The van der Waals surface area contributed by atoms with Crippen LogP contribution in [0.5, 0.6) is 0 Å². The molecule has 17 nitrogen and oxygen atoms in total. The monoisotopic (exact) mass is 860 g/mol. The van der Waals surface area contributed by atoms with E-state index >= 15 is 0 Å². The Morgan fingerprint density at radius 2 is 1.28 bits per heavy atom. The number of fused-ring (bicyclic) bond motifs is 2. The molecule has 0 radical (unpaired) electrons. The van der Waals surface area contributed by atoms with Crippen LogP contribution in [0.15, 0.2) is 0 Å². The van der Waals surface area contributed by atoms with E-state index in [2.05, 4.69) is 13.8 Å². The summed E-state index contributed by atoms with van der Waals surface area (Å²) in [6, 6.07) is 0. The molecule has 0 aromatic heterocycles. The molecule has 0 amide bonds. The van der Waals surface area contributed by atoms with Crippen molar-refractivity contribution in [2.75, 3.05) is 19.8 Å². The summed E-state index contributed by atoms with van der Waals surface area (Å²) in [4.78, 5) is 14.3. The van der Waals surface area contributed by atoms with Crippen molar-refractivity contribution in [1.82, 2.24) is 0 Å². The van der Waals surface area contributed by atoms with Crippen molar-refractivity contribution in [3.05, 3.63) is 0 Å². The van der Waals surface area contributed by atoms with E-state index in [9.17, 15) is 66.1 Å². The van der Waals surface area contributed by atoms with E-state index in [0.29, 0.717) is 19.3 Å². The van der Waals surface area contributed by atoms with E-state index in [1.54, 1.807) is 6.92 Å². The SMILES string of the molecule is CC(C)C(O)(CCC(C)(O)C1CCC2(C)C3CCC4C(C)(C(=O)OC5OC(CO)C(O)C(O)C5O)C(O)CC(O)C45CC35CCC12C)COC1OC(CO)C(O)C(O)C1O. The van der Waals surface area contributed by atoms with Crippen molar-refractivity contribution in [2.45, 2.75) is 191 Å². The van der Waals surface area contributed by atoms with Crippen LogP contribution in [0.2, 0.25) is 0 Å². The highest BCUT2D eigenvalue weighted by molar-refractivity contribution is 5.78. The summed E-state index contributed by atoms with van der Waals surface area (Å²) < 4.78 is 22.5. The molecule has 346 valence electrons. The maximum Gasteiger partial charge on any atom is 0.317 e. The van der Waals surface area contributed by atoms with Gasteiger partial charge >= 0.3 is 5.97 Å². The molecule has 7 aliphatic rings. The number of rotatable bonds is 12. The van der Waals surface area contributed by atoms with Crippen molar-refractivity contribution in [2.24, 2.45) is 50.7 Å². The molecule has 0 aromatic carbocycles. The maximum atomic E-state index is 14.3. The molecule has 0 bridgehead atoms. The standard InChI is InChI=1S/C43H72O17/c1-20(2)42(56,19-57-34-32(52)30(50)28(48)21(16-44)58-34)14-12-39(5,55)23-9-10-37(3)24-7-8-25-40(6,36(54)60-35-33(53)31(51)29(49)22(17-45)59-35)26(46)15-27(47)43(25)18-41(24,43)13-11-38(23,37)4/h20-35,44-53,55-56H,7-19H2,1-6H3. The second-order valence-corrected chi connectivity index (χ2v) is 21.3. The largest absolute Gasteiger partial charge is 0.432 e. The molecular formula is C43H72O17. The molecule has 22 unspecified atom stereocenters. The molecule has 7 rings (SSSR count). The van der Waals surface area contributed by atoms with Crippen molar-refractivity contribution >= 4 is 5.97 Å². The molecule has 2 aliphatic heterocycles. The lowest BCUT2D eigenvalue weighted by Gasteiger charge is -2.64. The molecule has 17 heteroatoms. The van der Waals surface area contributed by atoms with Gasteiger partial charge in [0.05, 0.1) is 48.6 Å². The van der Waals surface area contributed by atoms with Gasteiger partial charge in [-0.1, -0.05) is 27.7 Å². The van der Waals surface area contributed by atoms with E-state index < -0.39 is 121 Å². The molecule has 5 aliphatic carbocycles. The Bertz CT molecular complexity index is 1580. The van der Waals surface area contributed by atoms with Gasteiger partial charge < -0.3 is 80.2 Å². The van der Waals surface area contributed by atoms with Gasteiger partial charge in [-0.25, -0.2) is 0 Å². The van der Waals surface area contributed by atoms with Crippen LogP contribution < -0.4 is 0 Å². The van der Waals surface area contributed by atoms with Crippen molar-refractivity contribution in [1.29, 1.82) is 0 Å². The van der Waals surface area contributed by atoms with Gasteiger partial charge in [0.15, 0.2) is 6.29 Å². The molecule has 12 N–H and O–H groups in total. The zero-order valence-corrected chi connectivity index (χ0v) is 35.8. The fourth-order valence-electron chi connectivity index (χ4n) is 14.3. The van der Waals surface area contributed by atoms with Crippen molar-refractivity contribution < 1.29 is 85.0 Å². The second kappa shape index (κ2) is 15.8. The summed E-state index contributed by atoms with van der Waals surface area (Å²) in [6.07, 6.45) is -12.5. The predicted octanol–water partition coefficient (Wildman–Crippen LogP) is -1.18. The first-order chi connectivity index (χ1) is 27.9. The first-order valence-electron chi connectivity index (χ1n) is 22.1. The Hall–Kier alpha value is -1.13. The minimum Gasteiger partial charge on any atom is -0.432 e. The molecule has 7 fully saturated rings. The van der Waals surface area contributed by atoms with Crippen molar-refractivity contribution in [3.8, 4) is 0 Å². The number of hydrogen-bond acceptors (Lipinski definition) is 17. The number of aliphatic hydroxyl groups excluding tert-OH is 10. The average molecular weight is 861 g/mol. The van der Waals surface area contributed by atoms with E-state index in [0.717, 1.165) is 25.7 Å². The van der Waals surface area contributed by atoms with Gasteiger partial charge in [0.1, 0.15) is 48.8 Å². The summed E-state index contributed by atoms with van der Waals surface area (Å²) in [7, 11) is 0. The van der Waals surface area contributed by atoms with Crippen molar-refractivity contribution in [3.63, 3.8) is 0 Å². The third-order valence-corrected chi connectivity index (χ3v) is 18.5. The van der Waals surface area contributed by atoms with Gasteiger partial charge in [-0.2, -0.15) is 0 Å². The zero-order chi connectivity index (χ0) is 44.3. The van der Waals surface area contributed by atoms with Crippen LogP contribution in [0.4, 0.5) is 0 Å². The van der Waals surface area contributed by atoms with Crippen LogP contribution in [0.3, 0.4) is 0 Å². The van der Waals surface area contributed by atoms with E-state index in [1.165, 1.54) is 0 Å². The topological polar surface area (TPSA) is 297 Å². The smallest absolute Gasteiger partial charge is 0.317 e. The number of carbonyl (C=O) groups excluding carboxylic acids is 1. The second-order valence-electron chi connectivity index (χ2n) is 21.3. The zero-order valence-electron chi connectivity index (χ0n) is 35.8. The van der Waals surface area contributed by atoms with E-state index in [-0.39, 0.29) is 59.9 Å². The maximum absolute atomic E-state index is 14.3. The molecule has 22 atom stereocenters. The quantitative estimate of drug-likeness (QED) is 0.103. The van der Waals surface area contributed by atoms with Crippen LogP contribution in [-0.2, 0) is 23.7 Å². The number of ether oxygens (including phenoxy) is 4. The number of carbonyl (C=O) groups is 1. The molecule has 2 spiro atoms. The summed E-state index contributed by atoms with van der Waals surface area (Å²) in [6.45, 7) is 10.1. The lowest BCUT2D eigenvalue weighted by Crippen LogP contribution is -2.65. The number of hydrogen-bond donors (Lipinski definition) is 12. The lowest BCUT2D eigenvalue weighted by molar-refractivity contribution is -0.310. The molecule has 5 saturated carbocycles. The molecular weight excluding hydrogens is 788 g/mol. The van der Waals surface area contributed by atoms with E-state index in [4.69, 9.17) is 18.9 Å². The van der Waals surface area contributed by atoms with Gasteiger partial charge in [-0.15, -0.1) is 0 Å². The average Bonchev–Trinajstić information content (AvgIpc) is 3.81. The highest BCUT2D eigenvalue weighted by atomic mass is 16.7. The summed E-state index contributed by atoms with van der Waals surface area (Å²) in [5, 5.41) is 129. The number of esters is 1. The van der Waals surface area contributed by atoms with Crippen LogP contribution >= 0.6 is 0 Å². The third kappa shape index (κ3) is 6.61. The molecule has 2 saturated heterocycles. The van der Waals surface area contributed by atoms with E-state index in [1.807, 2.05) is 20.8 Å². The van der Waals surface area contributed by atoms with Gasteiger partial charge in [-0.3, -0.25) is 4.79 Å². The van der Waals surface area contributed by atoms with Crippen LogP contribution in [0, 0.1) is 50.7 Å². The van der Waals surface area contributed by atoms with Crippen LogP contribution in [-0.4, -0.2) is 172 Å². The fourth-order valence-corrected chi connectivity index (χ4v) is 14.3. The van der Waals surface area contributed by atoms with Gasteiger partial charge in [0.25, 0.3) is 0 Å². The summed E-state index contributed by atoms with van der Waals surface area (Å²) >= 11 is 0. The summed E-state index contributed by atoms with van der Waals surface area (Å²) in [5.74, 6) is -1.70. The Kier molecular flexibility index (Phi) is 12.3. The number of aliphatic hydroxyl groups is 12. The molecule has 60 heavy (non-hydrogen) atoms. The Morgan fingerprint density at radius 1 is 0.717 bits per heavy atom. The van der Waals surface area contributed by atoms with Gasteiger partial charge in [0, 0.05) is 11.8 Å². The minimum atomic E-state index is -1.80. The normalized spacial score (nSPS) is 53.2. The highest BCUT2D eigenvalue weighted by Gasteiger charge is 2.86. The Labute approximate surface area is 351 Å². The third-order valence-electron chi connectivity index (χ3n) is 18.5. The lowest BCUT2D eigenvalue weighted by atomic mass is 9.41. The highest BCUT2D eigenvalue weighted by Crippen LogP contribution is 2.89. The predicted molar refractivity (Wildman–Crippen MR) is 208 cm³/mol. The molecule has 2 heterocycles. The van der Waals surface area contributed by atoms with Gasteiger partial charge in [-0.05, 0) is 112 Å². The Morgan fingerprint density at radius 3 is 1.87 bits per heavy atom. The minimum absolute atomic E-state index is 0.0601. The Balaban J connectivity index is 1.07.